The fraction of sp³-hybridized carbons (Fsp3) is 0.583. The van der Waals surface area contributed by atoms with Crippen LogP contribution in [0.15, 0.2) is 18.3 Å². The number of aromatic nitrogens is 1. The zero-order valence-electron chi connectivity index (χ0n) is 10.3. The molecular weight excluding hydrogens is 218 g/mol. The molecule has 5 nitrogen and oxygen atoms in total. The van der Waals surface area contributed by atoms with Gasteiger partial charge in [0.05, 0.1) is 11.9 Å². The van der Waals surface area contributed by atoms with Gasteiger partial charge in [-0.15, -0.1) is 0 Å². The van der Waals surface area contributed by atoms with E-state index in [1.54, 1.807) is 13.3 Å². The van der Waals surface area contributed by atoms with Crippen LogP contribution in [0.1, 0.15) is 6.92 Å². The third-order valence-electron chi connectivity index (χ3n) is 2.99. The lowest BCUT2D eigenvalue weighted by Crippen LogP contribution is -2.28. The zero-order valence-corrected chi connectivity index (χ0v) is 10.3. The van der Waals surface area contributed by atoms with E-state index >= 15 is 0 Å². The molecule has 1 fully saturated rings. The molecule has 0 radical (unpaired) electrons. The molecule has 0 aliphatic carbocycles. The number of hydrogen-bond donors (Lipinski definition) is 1. The second-order valence-electron chi connectivity index (χ2n) is 4.12. The van der Waals surface area contributed by atoms with Gasteiger partial charge in [-0.3, -0.25) is 0 Å². The van der Waals surface area contributed by atoms with Crippen molar-refractivity contribution in [3.63, 3.8) is 0 Å². The van der Waals surface area contributed by atoms with Crippen molar-refractivity contribution in [2.45, 2.75) is 19.1 Å². The first-order valence-electron chi connectivity index (χ1n) is 5.85. The Morgan fingerprint density at radius 3 is 2.76 bits per heavy atom. The summed E-state index contributed by atoms with van der Waals surface area (Å²) in [4.78, 5) is 6.47. The van der Waals surface area contributed by atoms with Crippen molar-refractivity contribution in [1.82, 2.24) is 4.98 Å². The van der Waals surface area contributed by atoms with Crippen LogP contribution < -0.4 is 10.6 Å². The van der Waals surface area contributed by atoms with E-state index in [4.69, 9.17) is 15.2 Å². The molecule has 1 aromatic heterocycles. The number of nitrogens with zero attached hydrogens (tertiary/aromatic N) is 2. The van der Waals surface area contributed by atoms with Gasteiger partial charge in [-0.1, -0.05) is 0 Å². The predicted molar refractivity (Wildman–Crippen MR) is 67.1 cm³/mol. The number of methoxy groups -OCH3 is 1. The molecule has 2 N–H and O–H groups in total. The van der Waals surface area contributed by atoms with Crippen LogP contribution in [0.4, 0.5) is 11.5 Å². The first-order chi connectivity index (χ1) is 8.24. The van der Waals surface area contributed by atoms with E-state index in [2.05, 4.69) is 9.88 Å². The highest BCUT2D eigenvalue weighted by Gasteiger charge is 2.33. The standard InChI is InChI=1S/C12H19N3O2/c1-3-17-11-8-15(7-10(11)16-2)12-5-4-9(13)6-14-12/h4-6,10-11H,3,7-8,13H2,1-2H3. The van der Waals surface area contributed by atoms with Gasteiger partial charge >= 0.3 is 0 Å². The van der Waals surface area contributed by atoms with Gasteiger partial charge in [0.15, 0.2) is 0 Å². The molecule has 0 aromatic carbocycles. The van der Waals surface area contributed by atoms with Crippen LogP contribution in [-0.4, -0.2) is 44.0 Å². The van der Waals surface area contributed by atoms with E-state index < -0.39 is 0 Å². The summed E-state index contributed by atoms with van der Waals surface area (Å²) >= 11 is 0. The zero-order chi connectivity index (χ0) is 12.3. The molecule has 2 heterocycles. The minimum absolute atomic E-state index is 0.106. The van der Waals surface area contributed by atoms with E-state index in [1.807, 2.05) is 19.1 Å². The Morgan fingerprint density at radius 1 is 1.41 bits per heavy atom. The Kier molecular flexibility index (Phi) is 3.81. The molecule has 0 amide bonds. The molecule has 2 rings (SSSR count). The summed E-state index contributed by atoms with van der Waals surface area (Å²) in [5.74, 6) is 0.920. The number of pyridine rings is 1. The van der Waals surface area contributed by atoms with Crippen molar-refractivity contribution in [2.24, 2.45) is 0 Å². The molecule has 5 heteroatoms. The number of rotatable bonds is 4. The van der Waals surface area contributed by atoms with Gasteiger partial charge in [0.2, 0.25) is 0 Å². The molecule has 0 bridgehead atoms. The van der Waals surface area contributed by atoms with Crippen LogP contribution >= 0.6 is 0 Å². The minimum Gasteiger partial charge on any atom is -0.397 e. The van der Waals surface area contributed by atoms with Gasteiger partial charge in [0.1, 0.15) is 18.0 Å². The molecule has 2 unspecified atom stereocenters. The third-order valence-corrected chi connectivity index (χ3v) is 2.99. The molecule has 0 spiro atoms. The lowest BCUT2D eigenvalue weighted by molar-refractivity contribution is -0.0232. The van der Waals surface area contributed by atoms with Crippen LogP contribution in [0.25, 0.3) is 0 Å². The summed E-state index contributed by atoms with van der Waals surface area (Å²) in [5.41, 5.74) is 6.30. The summed E-state index contributed by atoms with van der Waals surface area (Å²) in [5, 5.41) is 0. The second-order valence-corrected chi connectivity index (χ2v) is 4.12. The maximum atomic E-state index is 5.66. The van der Waals surface area contributed by atoms with E-state index in [9.17, 15) is 0 Å². The van der Waals surface area contributed by atoms with Gasteiger partial charge in [0.25, 0.3) is 0 Å². The predicted octanol–water partition coefficient (Wildman–Crippen LogP) is 0.904. The first kappa shape index (κ1) is 12.1. The highest BCUT2D eigenvalue weighted by molar-refractivity contribution is 5.46. The van der Waals surface area contributed by atoms with Gasteiger partial charge in [-0.25, -0.2) is 4.98 Å². The molecule has 1 aromatic rings. The number of ether oxygens (including phenoxy) is 2. The van der Waals surface area contributed by atoms with Gasteiger partial charge < -0.3 is 20.1 Å². The Bertz CT molecular complexity index is 355. The third kappa shape index (κ3) is 2.68. The second kappa shape index (κ2) is 5.33. The fourth-order valence-electron chi connectivity index (χ4n) is 2.12. The van der Waals surface area contributed by atoms with Gasteiger partial charge in [-0.2, -0.15) is 0 Å². The summed E-state index contributed by atoms with van der Waals surface area (Å²) < 4.78 is 11.1. The van der Waals surface area contributed by atoms with Crippen molar-refractivity contribution >= 4 is 11.5 Å². The number of anilines is 2. The maximum Gasteiger partial charge on any atom is 0.128 e. The van der Waals surface area contributed by atoms with Gasteiger partial charge in [0, 0.05) is 26.8 Å². The van der Waals surface area contributed by atoms with Crippen molar-refractivity contribution < 1.29 is 9.47 Å². The molecule has 1 aliphatic heterocycles. The molecule has 94 valence electrons. The van der Waals surface area contributed by atoms with E-state index in [0.29, 0.717) is 12.3 Å². The average molecular weight is 237 g/mol. The molecule has 2 atom stereocenters. The highest BCUT2D eigenvalue weighted by atomic mass is 16.5. The van der Waals surface area contributed by atoms with E-state index in [1.165, 1.54) is 0 Å². The topological polar surface area (TPSA) is 60.6 Å². The highest BCUT2D eigenvalue weighted by Crippen LogP contribution is 2.22. The van der Waals surface area contributed by atoms with Crippen molar-refractivity contribution in [3.8, 4) is 0 Å². The van der Waals surface area contributed by atoms with Crippen molar-refractivity contribution in [1.29, 1.82) is 0 Å². The number of nitrogens with two attached hydrogens (primary N) is 1. The largest absolute Gasteiger partial charge is 0.397 e. The smallest absolute Gasteiger partial charge is 0.128 e. The normalized spacial score (nSPS) is 24.2. The van der Waals surface area contributed by atoms with Crippen LogP contribution in [-0.2, 0) is 9.47 Å². The Balaban J connectivity index is 2.06. The van der Waals surface area contributed by atoms with Gasteiger partial charge in [-0.05, 0) is 19.1 Å². The van der Waals surface area contributed by atoms with Crippen LogP contribution in [0.2, 0.25) is 0 Å². The fourth-order valence-corrected chi connectivity index (χ4v) is 2.12. The molecular formula is C12H19N3O2. The minimum atomic E-state index is 0.106. The lowest BCUT2D eigenvalue weighted by Gasteiger charge is -2.16. The number of hydrogen-bond acceptors (Lipinski definition) is 5. The molecule has 1 saturated heterocycles. The van der Waals surface area contributed by atoms with Crippen molar-refractivity contribution in [3.05, 3.63) is 18.3 Å². The van der Waals surface area contributed by atoms with Crippen molar-refractivity contribution in [2.75, 3.05) is 37.4 Å². The monoisotopic (exact) mass is 237 g/mol. The Labute approximate surface area is 102 Å². The van der Waals surface area contributed by atoms with Crippen LogP contribution in [0, 0.1) is 0 Å². The van der Waals surface area contributed by atoms with Crippen LogP contribution in [0.5, 0.6) is 0 Å². The molecule has 17 heavy (non-hydrogen) atoms. The molecule has 0 saturated carbocycles. The average Bonchev–Trinajstić information content (AvgIpc) is 2.74. The number of nitrogen functional groups attached to an aromatic ring is 1. The molecule has 1 aliphatic rings. The lowest BCUT2D eigenvalue weighted by atomic mass is 10.2. The maximum absolute atomic E-state index is 5.66. The SMILES string of the molecule is CCOC1CN(c2ccc(N)cn2)CC1OC. The quantitative estimate of drug-likeness (QED) is 0.843. The van der Waals surface area contributed by atoms with E-state index in [0.717, 1.165) is 18.9 Å². The summed E-state index contributed by atoms with van der Waals surface area (Å²) in [6, 6.07) is 3.79. The first-order valence-corrected chi connectivity index (χ1v) is 5.85. The van der Waals surface area contributed by atoms with Crippen LogP contribution in [0.3, 0.4) is 0 Å². The summed E-state index contributed by atoms with van der Waals surface area (Å²) in [6.07, 6.45) is 1.89. The van der Waals surface area contributed by atoms with E-state index in [-0.39, 0.29) is 12.2 Å². The summed E-state index contributed by atoms with van der Waals surface area (Å²) in [7, 11) is 1.72. The Hall–Kier alpha value is -1.33. The summed E-state index contributed by atoms with van der Waals surface area (Å²) in [6.45, 7) is 4.31. The Morgan fingerprint density at radius 2 is 2.18 bits per heavy atom.